The van der Waals surface area contributed by atoms with E-state index in [1.807, 2.05) is 48.5 Å². The van der Waals surface area contributed by atoms with Gasteiger partial charge >= 0.3 is 0 Å². The van der Waals surface area contributed by atoms with Gasteiger partial charge in [0.05, 0.1) is 22.1 Å². The molecule has 2 aromatic heterocycles. The SMILES string of the molecule is Clc1nc2ccccc2cc1-c1nc2ccc(Br)cc2[nH]1. The van der Waals surface area contributed by atoms with Gasteiger partial charge in [-0.05, 0) is 30.3 Å². The molecule has 2 aromatic carbocycles. The molecule has 0 aliphatic rings. The maximum atomic E-state index is 6.32. The number of nitrogens with one attached hydrogen (secondary N) is 1. The van der Waals surface area contributed by atoms with Gasteiger partial charge in [0.1, 0.15) is 11.0 Å². The predicted molar refractivity (Wildman–Crippen MR) is 89.5 cm³/mol. The molecule has 0 saturated heterocycles. The van der Waals surface area contributed by atoms with Gasteiger partial charge in [0, 0.05) is 9.86 Å². The summed E-state index contributed by atoms with van der Waals surface area (Å²) in [6.07, 6.45) is 0. The second kappa shape index (κ2) is 4.83. The molecule has 0 aliphatic heterocycles. The molecule has 0 aliphatic carbocycles. The van der Waals surface area contributed by atoms with E-state index in [1.54, 1.807) is 0 Å². The Balaban J connectivity index is 1.96. The molecule has 0 atom stereocenters. The van der Waals surface area contributed by atoms with Crippen molar-refractivity contribution in [3.8, 4) is 11.4 Å². The lowest BCUT2D eigenvalue weighted by Crippen LogP contribution is -1.87. The number of aromatic amines is 1. The summed E-state index contributed by atoms with van der Waals surface area (Å²) in [5.74, 6) is 0.728. The van der Waals surface area contributed by atoms with Gasteiger partial charge in [-0.2, -0.15) is 0 Å². The summed E-state index contributed by atoms with van der Waals surface area (Å²) in [5, 5.41) is 1.49. The molecular weight excluding hydrogens is 350 g/mol. The zero-order chi connectivity index (χ0) is 14.4. The number of hydrogen-bond donors (Lipinski definition) is 1. The van der Waals surface area contributed by atoms with E-state index in [0.29, 0.717) is 5.15 Å². The molecular formula is C16H9BrClN3. The summed E-state index contributed by atoms with van der Waals surface area (Å²) in [6.45, 7) is 0. The first-order valence-electron chi connectivity index (χ1n) is 6.42. The summed E-state index contributed by atoms with van der Waals surface area (Å²) in [6, 6.07) is 15.8. The summed E-state index contributed by atoms with van der Waals surface area (Å²) in [7, 11) is 0. The minimum absolute atomic E-state index is 0.451. The van der Waals surface area contributed by atoms with Gasteiger partial charge in [-0.1, -0.05) is 45.7 Å². The van der Waals surface area contributed by atoms with E-state index in [-0.39, 0.29) is 0 Å². The minimum atomic E-state index is 0.451. The van der Waals surface area contributed by atoms with E-state index in [4.69, 9.17) is 11.6 Å². The summed E-state index contributed by atoms with van der Waals surface area (Å²) in [5.41, 5.74) is 3.55. The van der Waals surface area contributed by atoms with E-state index >= 15 is 0 Å². The Labute approximate surface area is 134 Å². The first-order chi connectivity index (χ1) is 10.2. The fourth-order valence-corrected chi connectivity index (χ4v) is 2.96. The number of aromatic nitrogens is 3. The van der Waals surface area contributed by atoms with Gasteiger partial charge in [-0.25, -0.2) is 9.97 Å². The lowest BCUT2D eigenvalue weighted by atomic mass is 10.1. The number of halogens is 2. The Morgan fingerprint density at radius 2 is 1.81 bits per heavy atom. The molecule has 0 unspecified atom stereocenters. The Kier molecular flexibility index (Phi) is 2.94. The van der Waals surface area contributed by atoms with E-state index < -0.39 is 0 Å². The van der Waals surface area contributed by atoms with Crippen molar-refractivity contribution in [3.63, 3.8) is 0 Å². The largest absolute Gasteiger partial charge is 0.338 e. The number of para-hydroxylation sites is 1. The van der Waals surface area contributed by atoms with Crippen LogP contribution >= 0.6 is 27.5 Å². The topological polar surface area (TPSA) is 41.6 Å². The average molecular weight is 359 g/mol. The molecule has 1 N–H and O–H groups in total. The van der Waals surface area contributed by atoms with Crippen molar-refractivity contribution in [2.45, 2.75) is 0 Å². The fourth-order valence-electron chi connectivity index (χ4n) is 2.37. The molecule has 0 saturated carbocycles. The highest BCUT2D eigenvalue weighted by Gasteiger charge is 2.11. The molecule has 0 amide bonds. The Hall–Kier alpha value is -1.91. The number of hydrogen-bond acceptors (Lipinski definition) is 2. The van der Waals surface area contributed by atoms with Gasteiger partial charge in [0.2, 0.25) is 0 Å². The van der Waals surface area contributed by atoms with Crippen LogP contribution < -0.4 is 0 Å². The molecule has 2 heterocycles. The van der Waals surface area contributed by atoms with Gasteiger partial charge < -0.3 is 4.98 Å². The molecule has 0 radical (unpaired) electrons. The highest BCUT2D eigenvalue weighted by molar-refractivity contribution is 9.10. The Morgan fingerprint density at radius 1 is 0.952 bits per heavy atom. The number of nitrogens with zero attached hydrogens (tertiary/aromatic N) is 2. The zero-order valence-corrected chi connectivity index (χ0v) is 13.1. The second-order valence-corrected chi connectivity index (χ2v) is 6.04. The quantitative estimate of drug-likeness (QED) is 0.475. The molecule has 0 spiro atoms. The standard InChI is InChI=1S/C16H9BrClN3/c17-10-5-6-13-14(8-10)21-16(20-13)11-7-9-3-1-2-4-12(9)19-15(11)18/h1-8H,(H,20,21). The van der Waals surface area contributed by atoms with Crippen LogP contribution in [0.25, 0.3) is 33.3 Å². The smallest absolute Gasteiger partial charge is 0.141 e. The van der Waals surface area contributed by atoms with E-state index in [1.165, 1.54) is 0 Å². The monoisotopic (exact) mass is 357 g/mol. The van der Waals surface area contributed by atoms with Gasteiger partial charge in [-0.15, -0.1) is 0 Å². The molecule has 4 rings (SSSR count). The predicted octanol–water partition coefficient (Wildman–Crippen LogP) is 5.19. The fraction of sp³-hybridized carbons (Fsp3) is 0. The third-order valence-corrected chi connectivity index (χ3v) is 4.16. The van der Waals surface area contributed by atoms with Gasteiger partial charge in [0.15, 0.2) is 0 Å². The van der Waals surface area contributed by atoms with Crippen molar-refractivity contribution in [1.82, 2.24) is 15.0 Å². The molecule has 21 heavy (non-hydrogen) atoms. The highest BCUT2D eigenvalue weighted by Crippen LogP contribution is 2.30. The lowest BCUT2D eigenvalue weighted by molar-refractivity contribution is 1.31. The lowest BCUT2D eigenvalue weighted by Gasteiger charge is -2.03. The van der Waals surface area contributed by atoms with Crippen LogP contribution in [0.4, 0.5) is 0 Å². The number of fused-ring (bicyclic) bond motifs is 2. The van der Waals surface area contributed by atoms with Crippen molar-refractivity contribution in [2.75, 3.05) is 0 Å². The van der Waals surface area contributed by atoms with E-state index in [0.717, 1.165) is 37.8 Å². The first kappa shape index (κ1) is 12.8. The summed E-state index contributed by atoms with van der Waals surface area (Å²) < 4.78 is 1.01. The van der Waals surface area contributed by atoms with Crippen molar-refractivity contribution in [3.05, 3.63) is 58.2 Å². The first-order valence-corrected chi connectivity index (χ1v) is 7.59. The molecule has 0 fully saturated rings. The van der Waals surface area contributed by atoms with Gasteiger partial charge in [0.25, 0.3) is 0 Å². The maximum Gasteiger partial charge on any atom is 0.141 e. The normalized spacial score (nSPS) is 11.3. The van der Waals surface area contributed by atoms with Crippen LogP contribution in [0.1, 0.15) is 0 Å². The molecule has 0 bridgehead atoms. The van der Waals surface area contributed by atoms with Crippen molar-refractivity contribution >= 4 is 49.5 Å². The molecule has 3 nitrogen and oxygen atoms in total. The number of rotatable bonds is 1. The zero-order valence-electron chi connectivity index (χ0n) is 10.8. The molecule has 4 aromatic rings. The third-order valence-electron chi connectivity index (χ3n) is 3.38. The van der Waals surface area contributed by atoms with Crippen LogP contribution in [0.15, 0.2) is 53.0 Å². The molecule has 5 heteroatoms. The molecule has 102 valence electrons. The number of H-pyrrole nitrogens is 1. The van der Waals surface area contributed by atoms with Crippen molar-refractivity contribution in [2.24, 2.45) is 0 Å². The van der Waals surface area contributed by atoms with Gasteiger partial charge in [-0.3, -0.25) is 0 Å². The minimum Gasteiger partial charge on any atom is -0.338 e. The number of pyridine rings is 1. The Morgan fingerprint density at radius 3 is 2.71 bits per heavy atom. The van der Waals surface area contributed by atoms with Crippen molar-refractivity contribution in [1.29, 1.82) is 0 Å². The van der Waals surface area contributed by atoms with Crippen LogP contribution in [-0.4, -0.2) is 15.0 Å². The van der Waals surface area contributed by atoms with Crippen molar-refractivity contribution < 1.29 is 0 Å². The number of imidazole rings is 1. The Bertz CT molecular complexity index is 978. The second-order valence-electron chi connectivity index (χ2n) is 4.77. The average Bonchev–Trinajstić information content (AvgIpc) is 2.89. The van der Waals surface area contributed by atoms with E-state index in [9.17, 15) is 0 Å². The van der Waals surface area contributed by atoms with Crippen LogP contribution in [-0.2, 0) is 0 Å². The van der Waals surface area contributed by atoms with Crippen LogP contribution in [0.5, 0.6) is 0 Å². The highest BCUT2D eigenvalue weighted by atomic mass is 79.9. The summed E-state index contributed by atoms with van der Waals surface area (Å²) >= 11 is 9.77. The van der Waals surface area contributed by atoms with E-state index in [2.05, 4.69) is 30.9 Å². The van der Waals surface area contributed by atoms with Crippen LogP contribution in [0.3, 0.4) is 0 Å². The van der Waals surface area contributed by atoms with Crippen LogP contribution in [0, 0.1) is 0 Å². The summed E-state index contributed by atoms with van der Waals surface area (Å²) in [4.78, 5) is 12.3. The van der Waals surface area contributed by atoms with Crippen LogP contribution in [0.2, 0.25) is 5.15 Å². The number of benzene rings is 2. The third kappa shape index (κ3) is 2.20. The maximum absolute atomic E-state index is 6.32.